The van der Waals surface area contributed by atoms with Crippen molar-refractivity contribution in [1.29, 1.82) is 5.26 Å². The summed E-state index contributed by atoms with van der Waals surface area (Å²) in [5.74, 6) is 1.62. The zero-order valence-electron chi connectivity index (χ0n) is 12.5. The second kappa shape index (κ2) is 6.66. The van der Waals surface area contributed by atoms with Crippen LogP contribution in [-0.4, -0.2) is 30.3 Å². The van der Waals surface area contributed by atoms with E-state index in [9.17, 15) is 0 Å². The quantitative estimate of drug-likeness (QED) is 0.879. The van der Waals surface area contributed by atoms with Gasteiger partial charge in [0, 0.05) is 26.8 Å². The minimum atomic E-state index is 0.0646. The highest BCUT2D eigenvalue weighted by atomic mass is 16.5. The average Bonchev–Trinajstić information content (AvgIpc) is 2.85. The molecule has 2 rings (SSSR count). The van der Waals surface area contributed by atoms with Crippen molar-refractivity contribution in [3.8, 4) is 11.8 Å². The molecule has 0 radical (unpaired) electrons. The summed E-state index contributed by atoms with van der Waals surface area (Å²) in [6.45, 7) is 0.755. The maximum absolute atomic E-state index is 8.46. The van der Waals surface area contributed by atoms with Gasteiger partial charge in [-0.15, -0.1) is 0 Å². The molecule has 6 heteroatoms. The van der Waals surface area contributed by atoms with E-state index in [0.29, 0.717) is 12.3 Å². The third kappa shape index (κ3) is 3.66. The number of aromatic nitrogens is 2. The lowest BCUT2D eigenvalue weighted by Crippen LogP contribution is -2.15. The monoisotopic (exact) mass is 285 g/mol. The Bertz CT molecular complexity index is 625. The van der Waals surface area contributed by atoms with Crippen LogP contribution in [0.3, 0.4) is 0 Å². The minimum Gasteiger partial charge on any atom is -0.479 e. The van der Waals surface area contributed by atoms with Gasteiger partial charge >= 0.3 is 0 Å². The van der Waals surface area contributed by atoms with E-state index in [-0.39, 0.29) is 6.61 Å². The lowest BCUT2D eigenvalue weighted by molar-refractivity contribution is 0.368. The molecule has 0 amide bonds. The Labute approximate surface area is 124 Å². The van der Waals surface area contributed by atoms with Crippen molar-refractivity contribution < 1.29 is 4.74 Å². The Morgan fingerprint density at radius 2 is 2.05 bits per heavy atom. The molecule has 0 saturated carbocycles. The van der Waals surface area contributed by atoms with Gasteiger partial charge in [-0.2, -0.15) is 5.26 Å². The van der Waals surface area contributed by atoms with Crippen LogP contribution in [0, 0.1) is 11.3 Å². The largest absolute Gasteiger partial charge is 0.479 e. The highest BCUT2D eigenvalue weighted by Crippen LogP contribution is 2.17. The maximum atomic E-state index is 8.46. The molecule has 2 aromatic rings. The van der Waals surface area contributed by atoms with Gasteiger partial charge < -0.3 is 19.5 Å². The second-order valence-corrected chi connectivity index (χ2v) is 4.83. The summed E-state index contributed by atoms with van der Waals surface area (Å²) in [5, 5.41) is 11.8. The summed E-state index contributed by atoms with van der Waals surface area (Å²) < 4.78 is 7.27. The molecule has 1 aromatic carbocycles. The van der Waals surface area contributed by atoms with E-state index in [0.717, 1.165) is 17.3 Å². The van der Waals surface area contributed by atoms with Crippen molar-refractivity contribution in [3.63, 3.8) is 0 Å². The third-order valence-electron chi connectivity index (χ3n) is 3.09. The summed E-state index contributed by atoms with van der Waals surface area (Å²) in [5.41, 5.74) is 2.09. The molecule has 0 aliphatic carbocycles. The molecule has 0 saturated heterocycles. The molecule has 0 spiro atoms. The van der Waals surface area contributed by atoms with Crippen LogP contribution >= 0.6 is 0 Å². The van der Waals surface area contributed by atoms with Crippen LogP contribution in [0.1, 0.15) is 5.69 Å². The fourth-order valence-corrected chi connectivity index (χ4v) is 1.99. The first-order valence-corrected chi connectivity index (χ1v) is 6.63. The van der Waals surface area contributed by atoms with Gasteiger partial charge in [0.15, 0.2) is 6.61 Å². The van der Waals surface area contributed by atoms with E-state index in [1.165, 1.54) is 0 Å². The van der Waals surface area contributed by atoms with Gasteiger partial charge in [-0.3, -0.25) is 0 Å². The van der Waals surface area contributed by atoms with E-state index < -0.39 is 0 Å². The third-order valence-corrected chi connectivity index (χ3v) is 3.09. The molecule has 6 nitrogen and oxygen atoms in total. The van der Waals surface area contributed by atoms with Gasteiger partial charge in [-0.05, 0) is 24.3 Å². The topological polar surface area (TPSA) is 66.1 Å². The zero-order valence-corrected chi connectivity index (χ0v) is 12.5. The van der Waals surface area contributed by atoms with Crippen molar-refractivity contribution in [2.45, 2.75) is 6.54 Å². The molecule has 0 fully saturated rings. The standard InChI is InChI=1S/C15H19N5O/c1-19(2)15-18-11-13(20(15)3)10-17-12-4-6-14(7-5-12)21-9-8-16/h4-7,11,17H,9-10H2,1-3H3. The average molecular weight is 285 g/mol. The number of nitrogens with one attached hydrogen (secondary N) is 1. The van der Waals surface area contributed by atoms with E-state index in [1.54, 1.807) is 0 Å². The van der Waals surface area contributed by atoms with Crippen LogP contribution in [0.5, 0.6) is 5.75 Å². The molecular weight excluding hydrogens is 266 g/mol. The van der Waals surface area contributed by atoms with Gasteiger partial charge in [-0.25, -0.2) is 4.98 Å². The molecule has 110 valence electrons. The normalized spacial score (nSPS) is 10.0. The Hall–Kier alpha value is -2.68. The summed E-state index contributed by atoms with van der Waals surface area (Å²) in [7, 11) is 5.94. The van der Waals surface area contributed by atoms with E-state index in [1.807, 2.05) is 62.6 Å². The summed E-state index contributed by atoms with van der Waals surface area (Å²) >= 11 is 0. The zero-order chi connectivity index (χ0) is 15.2. The van der Waals surface area contributed by atoms with E-state index in [2.05, 4.69) is 14.9 Å². The number of rotatable bonds is 6. The number of nitrogens with zero attached hydrogens (tertiary/aromatic N) is 4. The first-order chi connectivity index (χ1) is 10.1. The fourth-order valence-electron chi connectivity index (χ4n) is 1.99. The number of nitriles is 1. The van der Waals surface area contributed by atoms with Gasteiger partial charge in [0.05, 0.1) is 18.4 Å². The van der Waals surface area contributed by atoms with Crippen LogP contribution in [0.25, 0.3) is 0 Å². The lowest BCUT2D eigenvalue weighted by Gasteiger charge is -2.13. The predicted octanol–water partition coefficient (Wildman–Crippen LogP) is 2.00. The molecule has 0 aliphatic rings. The van der Waals surface area contributed by atoms with Crippen molar-refractivity contribution in [2.75, 3.05) is 30.9 Å². The molecule has 1 N–H and O–H groups in total. The molecular formula is C15H19N5O. The number of hydrogen-bond donors (Lipinski definition) is 1. The highest BCUT2D eigenvalue weighted by molar-refractivity contribution is 5.46. The summed E-state index contributed by atoms with van der Waals surface area (Å²) in [4.78, 5) is 6.35. The second-order valence-electron chi connectivity index (χ2n) is 4.83. The van der Waals surface area contributed by atoms with Crippen LogP contribution in [0.15, 0.2) is 30.5 Å². The van der Waals surface area contributed by atoms with Crippen molar-refractivity contribution in [1.82, 2.24) is 9.55 Å². The van der Waals surface area contributed by atoms with Gasteiger partial charge in [0.1, 0.15) is 11.8 Å². The summed E-state index contributed by atoms with van der Waals surface area (Å²) in [6, 6.07) is 9.48. The van der Waals surface area contributed by atoms with Crippen molar-refractivity contribution in [2.24, 2.45) is 7.05 Å². The number of ether oxygens (including phenoxy) is 1. The minimum absolute atomic E-state index is 0.0646. The molecule has 0 bridgehead atoms. The molecule has 0 atom stereocenters. The van der Waals surface area contributed by atoms with Crippen LogP contribution in [-0.2, 0) is 13.6 Å². The van der Waals surface area contributed by atoms with E-state index >= 15 is 0 Å². The van der Waals surface area contributed by atoms with Gasteiger partial charge in [-0.1, -0.05) is 0 Å². The lowest BCUT2D eigenvalue weighted by atomic mass is 10.3. The SMILES string of the molecule is CN(C)c1ncc(CNc2ccc(OCC#N)cc2)n1C. The number of benzene rings is 1. The Balaban J connectivity index is 1.95. The van der Waals surface area contributed by atoms with Crippen molar-refractivity contribution in [3.05, 3.63) is 36.2 Å². The van der Waals surface area contributed by atoms with E-state index in [4.69, 9.17) is 10.00 Å². The Morgan fingerprint density at radius 3 is 2.62 bits per heavy atom. The molecule has 21 heavy (non-hydrogen) atoms. The van der Waals surface area contributed by atoms with Crippen LogP contribution in [0.2, 0.25) is 0 Å². The predicted molar refractivity (Wildman–Crippen MR) is 82.4 cm³/mol. The summed E-state index contributed by atoms with van der Waals surface area (Å²) in [6.07, 6.45) is 1.87. The maximum Gasteiger partial charge on any atom is 0.204 e. The van der Waals surface area contributed by atoms with Gasteiger partial charge in [0.2, 0.25) is 5.95 Å². The smallest absolute Gasteiger partial charge is 0.204 e. The number of imidazole rings is 1. The molecule has 0 unspecified atom stereocenters. The molecule has 1 aromatic heterocycles. The first-order valence-electron chi connectivity index (χ1n) is 6.63. The van der Waals surface area contributed by atoms with Crippen molar-refractivity contribution >= 4 is 11.6 Å². The number of hydrogen-bond acceptors (Lipinski definition) is 5. The first kappa shape index (κ1) is 14.7. The van der Waals surface area contributed by atoms with Gasteiger partial charge in [0.25, 0.3) is 0 Å². The Kier molecular flexibility index (Phi) is 4.67. The highest BCUT2D eigenvalue weighted by Gasteiger charge is 2.07. The van der Waals surface area contributed by atoms with Crippen LogP contribution in [0.4, 0.5) is 11.6 Å². The fraction of sp³-hybridized carbons (Fsp3) is 0.333. The molecule has 1 heterocycles. The Morgan fingerprint density at radius 1 is 1.33 bits per heavy atom. The molecule has 0 aliphatic heterocycles. The number of anilines is 2. The van der Waals surface area contributed by atoms with Crippen LogP contribution < -0.4 is 15.0 Å².